The van der Waals surface area contributed by atoms with Crippen molar-refractivity contribution in [3.05, 3.63) is 58.5 Å². The predicted molar refractivity (Wildman–Crippen MR) is 85.1 cm³/mol. The predicted octanol–water partition coefficient (Wildman–Crippen LogP) is 4.72. The Bertz CT molecular complexity index is 917. The number of benzene rings is 1. The Kier molecular flexibility index (Phi) is 4.09. The Hall–Kier alpha value is -2.34. The van der Waals surface area contributed by atoms with E-state index in [9.17, 15) is 18.0 Å². The number of rotatable bonds is 3. The second-order valence-corrected chi connectivity index (χ2v) is 5.70. The highest BCUT2D eigenvalue weighted by Crippen LogP contribution is 2.39. The van der Waals surface area contributed by atoms with Crippen molar-refractivity contribution in [2.45, 2.75) is 19.5 Å². The number of hydrogen-bond acceptors (Lipinski definition) is 2. The molecule has 0 radical (unpaired) electrons. The summed E-state index contributed by atoms with van der Waals surface area (Å²) in [5, 5.41) is -0.0838. The van der Waals surface area contributed by atoms with E-state index in [4.69, 9.17) is 11.6 Å². The van der Waals surface area contributed by atoms with Crippen molar-refractivity contribution in [2.24, 2.45) is 0 Å². The summed E-state index contributed by atoms with van der Waals surface area (Å²) in [6.45, 7) is 1.48. The Labute approximate surface area is 140 Å². The first kappa shape index (κ1) is 16.5. The third kappa shape index (κ3) is 2.67. The number of alkyl halides is 3. The van der Waals surface area contributed by atoms with Crippen LogP contribution in [0.2, 0.25) is 5.02 Å². The van der Waals surface area contributed by atoms with Gasteiger partial charge in [-0.05, 0) is 24.1 Å². The second kappa shape index (κ2) is 5.94. The van der Waals surface area contributed by atoms with Crippen LogP contribution in [0, 0.1) is 6.92 Å². The number of imidazole rings is 1. The summed E-state index contributed by atoms with van der Waals surface area (Å²) in [7, 11) is 0. The number of nitrogens with zero attached hydrogens (tertiary/aromatic N) is 2. The van der Waals surface area contributed by atoms with Gasteiger partial charge in [0.05, 0.1) is 16.2 Å². The van der Waals surface area contributed by atoms with Crippen molar-refractivity contribution in [3.8, 4) is 11.3 Å². The quantitative estimate of drug-likeness (QED) is 0.639. The molecule has 3 nitrogen and oxygen atoms in total. The number of aromatic nitrogens is 2. The Morgan fingerprint density at radius 3 is 2.50 bits per heavy atom. The number of carbonyl (C=O) groups is 1. The van der Waals surface area contributed by atoms with E-state index in [1.807, 2.05) is 0 Å². The molecule has 2 heterocycles. The fraction of sp³-hybridized carbons (Fsp3) is 0.176. The summed E-state index contributed by atoms with van der Waals surface area (Å²) in [6.07, 6.45) is -3.89. The molecule has 124 valence electrons. The van der Waals surface area contributed by atoms with E-state index in [1.54, 1.807) is 30.3 Å². The number of halogens is 4. The van der Waals surface area contributed by atoms with Crippen LogP contribution in [-0.4, -0.2) is 15.7 Å². The standard InChI is InChI=1S/C17H12ClF3N2O/c1-10-22-16(17(19,20)21)15-13(18)9-12(7-8-24)14(23(10)15)11-5-3-2-4-6-11/h2-6,8-9H,7H2,1H3. The molecule has 0 amide bonds. The molecule has 3 rings (SSSR count). The van der Waals surface area contributed by atoms with Gasteiger partial charge in [0.1, 0.15) is 12.1 Å². The summed E-state index contributed by atoms with van der Waals surface area (Å²) in [4.78, 5) is 14.7. The second-order valence-electron chi connectivity index (χ2n) is 5.29. The zero-order valence-electron chi connectivity index (χ0n) is 12.6. The molecule has 0 aliphatic rings. The van der Waals surface area contributed by atoms with Crippen LogP contribution in [0.4, 0.5) is 13.2 Å². The van der Waals surface area contributed by atoms with Gasteiger partial charge < -0.3 is 4.79 Å². The average Bonchev–Trinajstić information content (AvgIpc) is 2.87. The van der Waals surface area contributed by atoms with Crippen LogP contribution in [-0.2, 0) is 17.4 Å². The van der Waals surface area contributed by atoms with Crippen LogP contribution in [0.1, 0.15) is 17.1 Å². The number of aldehydes is 1. The van der Waals surface area contributed by atoms with Gasteiger partial charge in [0.2, 0.25) is 0 Å². The third-order valence-electron chi connectivity index (χ3n) is 3.72. The molecule has 0 saturated carbocycles. The molecule has 0 fully saturated rings. The molecule has 0 N–H and O–H groups in total. The van der Waals surface area contributed by atoms with E-state index in [0.717, 1.165) is 0 Å². The third-order valence-corrected chi connectivity index (χ3v) is 4.01. The van der Waals surface area contributed by atoms with Crippen molar-refractivity contribution < 1.29 is 18.0 Å². The topological polar surface area (TPSA) is 34.4 Å². The molecule has 0 saturated heterocycles. The largest absolute Gasteiger partial charge is 0.435 e. The van der Waals surface area contributed by atoms with E-state index in [-0.39, 0.29) is 22.8 Å². The minimum absolute atomic E-state index is 0.0405. The van der Waals surface area contributed by atoms with Gasteiger partial charge in [0.15, 0.2) is 5.69 Å². The SMILES string of the molecule is Cc1nc(C(F)(F)F)c2c(Cl)cc(CC=O)c(-c3ccccc3)n12. The first-order valence-corrected chi connectivity index (χ1v) is 7.49. The van der Waals surface area contributed by atoms with Crippen molar-refractivity contribution in [1.82, 2.24) is 9.38 Å². The number of fused-ring (bicyclic) bond motifs is 1. The van der Waals surface area contributed by atoms with Crippen molar-refractivity contribution in [3.63, 3.8) is 0 Å². The van der Waals surface area contributed by atoms with Crippen LogP contribution in [0.5, 0.6) is 0 Å². The highest BCUT2D eigenvalue weighted by atomic mass is 35.5. The molecule has 0 atom stereocenters. The first-order valence-electron chi connectivity index (χ1n) is 7.11. The number of aryl methyl sites for hydroxylation is 1. The Balaban J connectivity index is 2.48. The van der Waals surface area contributed by atoms with Gasteiger partial charge >= 0.3 is 6.18 Å². The molecule has 0 bridgehead atoms. The average molecular weight is 353 g/mol. The lowest BCUT2D eigenvalue weighted by molar-refractivity contribution is -0.139. The minimum atomic E-state index is -4.62. The zero-order chi connectivity index (χ0) is 17.5. The van der Waals surface area contributed by atoms with Gasteiger partial charge in [-0.3, -0.25) is 4.40 Å². The van der Waals surface area contributed by atoms with Gasteiger partial charge in [0, 0.05) is 6.42 Å². The summed E-state index contributed by atoms with van der Waals surface area (Å²) >= 11 is 6.11. The molecule has 0 spiro atoms. The maximum absolute atomic E-state index is 13.3. The summed E-state index contributed by atoms with van der Waals surface area (Å²) in [6, 6.07) is 10.3. The van der Waals surface area contributed by atoms with E-state index >= 15 is 0 Å². The van der Waals surface area contributed by atoms with Gasteiger partial charge in [-0.15, -0.1) is 0 Å². The lowest BCUT2D eigenvalue weighted by Gasteiger charge is -2.14. The van der Waals surface area contributed by atoms with Gasteiger partial charge in [-0.25, -0.2) is 4.98 Å². The smallest absolute Gasteiger partial charge is 0.303 e. The van der Waals surface area contributed by atoms with Crippen LogP contribution in [0.15, 0.2) is 36.4 Å². The lowest BCUT2D eigenvalue weighted by Crippen LogP contribution is -2.07. The molecule has 1 aromatic carbocycles. The van der Waals surface area contributed by atoms with E-state index < -0.39 is 11.9 Å². The Morgan fingerprint density at radius 2 is 1.92 bits per heavy atom. The molecular formula is C17H12ClF3N2O. The highest BCUT2D eigenvalue weighted by molar-refractivity contribution is 6.34. The summed E-state index contributed by atoms with van der Waals surface area (Å²) in [5.74, 6) is 0.158. The molecule has 7 heteroatoms. The van der Waals surface area contributed by atoms with Crippen LogP contribution >= 0.6 is 11.6 Å². The fourth-order valence-corrected chi connectivity index (χ4v) is 3.12. The van der Waals surface area contributed by atoms with Crippen LogP contribution < -0.4 is 0 Å². The molecule has 0 unspecified atom stereocenters. The van der Waals surface area contributed by atoms with Gasteiger partial charge in [-0.2, -0.15) is 13.2 Å². The fourth-order valence-electron chi connectivity index (χ4n) is 2.81. The normalized spacial score (nSPS) is 11.9. The van der Waals surface area contributed by atoms with Crippen molar-refractivity contribution >= 4 is 23.4 Å². The van der Waals surface area contributed by atoms with Gasteiger partial charge in [0.25, 0.3) is 0 Å². The van der Waals surface area contributed by atoms with E-state index in [1.165, 1.54) is 17.4 Å². The van der Waals surface area contributed by atoms with Gasteiger partial charge in [-0.1, -0.05) is 41.9 Å². The van der Waals surface area contributed by atoms with Crippen LogP contribution in [0.3, 0.4) is 0 Å². The maximum atomic E-state index is 13.3. The molecule has 3 aromatic rings. The monoisotopic (exact) mass is 352 g/mol. The maximum Gasteiger partial charge on any atom is 0.435 e. The van der Waals surface area contributed by atoms with Crippen molar-refractivity contribution in [1.29, 1.82) is 0 Å². The van der Waals surface area contributed by atoms with E-state index in [2.05, 4.69) is 4.98 Å². The lowest BCUT2D eigenvalue weighted by atomic mass is 10.0. The molecule has 2 aromatic heterocycles. The summed E-state index contributed by atoms with van der Waals surface area (Å²) in [5.41, 5.74) is 0.491. The van der Waals surface area contributed by atoms with Crippen molar-refractivity contribution in [2.75, 3.05) is 0 Å². The number of pyridine rings is 1. The summed E-state index contributed by atoms with van der Waals surface area (Å²) < 4.78 is 41.3. The Morgan fingerprint density at radius 1 is 1.25 bits per heavy atom. The molecule has 0 aliphatic carbocycles. The minimum Gasteiger partial charge on any atom is -0.303 e. The first-order chi connectivity index (χ1) is 11.3. The number of hydrogen-bond donors (Lipinski definition) is 0. The number of carbonyl (C=O) groups excluding carboxylic acids is 1. The molecule has 24 heavy (non-hydrogen) atoms. The van der Waals surface area contributed by atoms with Crippen LogP contribution in [0.25, 0.3) is 16.8 Å². The molecule has 0 aliphatic heterocycles. The molecular weight excluding hydrogens is 341 g/mol. The van der Waals surface area contributed by atoms with E-state index in [0.29, 0.717) is 23.1 Å². The highest BCUT2D eigenvalue weighted by Gasteiger charge is 2.38. The zero-order valence-corrected chi connectivity index (χ0v) is 13.3.